The Morgan fingerprint density at radius 2 is 1.92 bits per heavy atom. The molecule has 0 fully saturated rings. The van der Waals surface area contributed by atoms with E-state index in [9.17, 15) is 9.59 Å². The van der Waals surface area contributed by atoms with Gasteiger partial charge in [-0.3, -0.25) is 4.79 Å². The fourth-order valence-corrected chi connectivity index (χ4v) is 3.18. The highest BCUT2D eigenvalue weighted by atomic mass is 32.1. The molecular formula is C19H19NO4S. The Balaban J connectivity index is 0.000000181. The molecule has 0 aliphatic rings. The molecule has 3 aromatic rings. The highest BCUT2D eigenvalue weighted by Crippen LogP contribution is 2.25. The normalized spacial score (nSPS) is 9.96. The molecule has 130 valence electrons. The largest absolute Gasteiger partial charge is 0.481 e. The van der Waals surface area contributed by atoms with Gasteiger partial charge in [-0.2, -0.15) is 0 Å². The summed E-state index contributed by atoms with van der Waals surface area (Å²) in [6.45, 7) is 2.15. The number of hydrogen-bond donors (Lipinski definition) is 2. The van der Waals surface area contributed by atoms with E-state index >= 15 is 0 Å². The first-order valence-corrected chi connectivity index (χ1v) is 8.58. The second-order valence-corrected chi connectivity index (χ2v) is 6.08. The van der Waals surface area contributed by atoms with Crippen LogP contribution in [0.15, 0.2) is 53.9 Å². The Bertz CT molecular complexity index is 872. The molecule has 3 rings (SSSR count). The Kier molecular flexibility index (Phi) is 6.54. The number of anilines is 1. The molecule has 0 saturated carbocycles. The SMILES string of the molecule is CCOC(=O)c1cccc(N)c1.O=C(O)Cc1csc2ccccc12. The van der Waals surface area contributed by atoms with Crippen LogP contribution in [0.4, 0.5) is 5.69 Å². The Labute approximate surface area is 149 Å². The summed E-state index contributed by atoms with van der Waals surface area (Å²) in [6, 6.07) is 14.6. The van der Waals surface area contributed by atoms with Crippen LogP contribution in [0, 0.1) is 0 Å². The number of hydrogen-bond acceptors (Lipinski definition) is 5. The van der Waals surface area contributed by atoms with Crippen molar-refractivity contribution in [1.82, 2.24) is 0 Å². The minimum absolute atomic E-state index is 0.115. The van der Waals surface area contributed by atoms with Crippen molar-refractivity contribution in [1.29, 1.82) is 0 Å². The van der Waals surface area contributed by atoms with Crippen molar-refractivity contribution in [3.05, 3.63) is 65.0 Å². The summed E-state index contributed by atoms with van der Waals surface area (Å²) in [5.74, 6) is -1.10. The number of carbonyl (C=O) groups is 2. The van der Waals surface area contributed by atoms with Crippen LogP contribution in [0.1, 0.15) is 22.8 Å². The van der Waals surface area contributed by atoms with Crippen molar-refractivity contribution in [3.8, 4) is 0 Å². The predicted molar refractivity (Wildman–Crippen MR) is 100.0 cm³/mol. The number of ether oxygens (including phenoxy) is 1. The van der Waals surface area contributed by atoms with E-state index in [1.807, 2.05) is 29.6 Å². The van der Waals surface area contributed by atoms with Crippen LogP contribution in [0.25, 0.3) is 10.1 Å². The minimum atomic E-state index is -0.774. The molecule has 0 spiro atoms. The van der Waals surface area contributed by atoms with E-state index in [1.54, 1.807) is 42.5 Å². The summed E-state index contributed by atoms with van der Waals surface area (Å²) < 4.78 is 5.94. The van der Waals surface area contributed by atoms with Crippen LogP contribution in [-0.2, 0) is 16.0 Å². The van der Waals surface area contributed by atoms with Gasteiger partial charge in [-0.25, -0.2) is 4.79 Å². The molecule has 3 N–H and O–H groups in total. The van der Waals surface area contributed by atoms with Gasteiger partial charge in [0.05, 0.1) is 18.6 Å². The van der Waals surface area contributed by atoms with Gasteiger partial charge in [-0.15, -0.1) is 11.3 Å². The van der Waals surface area contributed by atoms with Gasteiger partial charge >= 0.3 is 11.9 Å². The summed E-state index contributed by atoms with van der Waals surface area (Å²) in [7, 11) is 0. The van der Waals surface area contributed by atoms with Crippen molar-refractivity contribution < 1.29 is 19.4 Å². The monoisotopic (exact) mass is 357 g/mol. The van der Waals surface area contributed by atoms with E-state index in [0.29, 0.717) is 17.9 Å². The third kappa shape index (κ3) is 5.32. The molecule has 0 amide bonds. The molecule has 5 nitrogen and oxygen atoms in total. The number of benzene rings is 2. The maximum Gasteiger partial charge on any atom is 0.338 e. The number of nitrogens with two attached hydrogens (primary N) is 1. The highest BCUT2D eigenvalue weighted by Gasteiger charge is 2.06. The summed E-state index contributed by atoms with van der Waals surface area (Å²) in [5, 5.41) is 11.6. The van der Waals surface area contributed by atoms with Gasteiger partial charge in [0.1, 0.15) is 0 Å². The second kappa shape index (κ2) is 8.84. The lowest BCUT2D eigenvalue weighted by molar-refractivity contribution is -0.136. The number of fused-ring (bicyclic) bond motifs is 1. The molecule has 1 aromatic heterocycles. The lowest BCUT2D eigenvalue weighted by Gasteiger charge is -2.01. The van der Waals surface area contributed by atoms with Gasteiger partial charge in [-0.05, 0) is 47.5 Å². The van der Waals surface area contributed by atoms with E-state index in [2.05, 4.69) is 0 Å². The second-order valence-electron chi connectivity index (χ2n) is 5.17. The first-order valence-electron chi connectivity index (χ1n) is 7.70. The number of aliphatic carboxylic acids is 1. The van der Waals surface area contributed by atoms with E-state index in [1.165, 1.54) is 0 Å². The topological polar surface area (TPSA) is 89.6 Å². The predicted octanol–water partition coefficient (Wildman–Crippen LogP) is 3.97. The molecule has 0 atom stereocenters. The van der Waals surface area contributed by atoms with Crippen molar-refractivity contribution in [2.24, 2.45) is 0 Å². The van der Waals surface area contributed by atoms with Gasteiger partial charge in [-0.1, -0.05) is 24.3 Å². The number of thiophene rings is 1. The summed E-state index contributed by atoms with van der Waals surface area (Å²) in [6.07, 6.45) is 0.115. The molecule has 0 bridgehead atoms. The molecule has 0 radical (unpaired) electrons. The highest BCUT2D eigenvalue weighted by molar-refractivity contribution is 7.17. The number of nitrogen functional groups attached to an aromatic ring is 1. The number of rotatable bonds is 4. The lowest BCUT2D eigenvalue weighted by Crippen LogP contribution is -2.04. The van der Waals surface area contributed by atoms with Crippen molar-refractivity contribution in [3.63, 3.8) is 0 Å². The Hall–Kier alpha value is -2.86. The third-order valence-electron chi connectivity index (χ3n) is 3.30. The first kappa shape index (κ1) is 18.5. The summed E-state index contributed by atoms with van der Waals surface area (Å²) in [4.78, 5) is 21.6. The summed E-state index contributed by atoms with van der Waals surface area (Å²) in [5.41, 5.74) is 7.46. The molecule has 6 heteroatoms. The Morgan fingerprint density at radius 3 is 2.60 bits per heavy atom. The Morgan fingerprint density at radius 1 is 1.16 bits per heavy atom. The van der Waals surface area contributed by atoms with E-state index in [-0.39, 0.29) is 12.4 Å². The zero-order valence-corrected chi connectivity index (χ0v) is 14.6. The van der Waals surface area contributed by atoms with Gasteiger partial charge in [0.2, 0.25) is 0 Å². The van der Waals surface area contributed by atoms with Gasteiger partial charge in [0.25, 0.3) is 0 Å². The van der Waals surface area contributed by atoms with Crippen LogP contribution in [0.5, 0.6) is 0 Å². The third-order valence-corrected chi connectivity index (χ3v) is 4.31. The molecule has 2 aromatic carbocycles. The maximum atomic E-state index is 11.1. The number of carboxylic acids is 1. The standard InChI is InChI=1S/C10H8O2S.C9H11NO2/c11-10(12)5-7-6-13-9-4-2-1-3-8(7)9;1-2-12-9(11)7-4-3-5-8(10)6-7/h1-4,6H,5H2,(H,11,12);3-6H,2,10H2,1H3. The lowest BCUT2D eigenvalue weighted by atomic mass is 10.1. The van der Waals surface area contributed by atoms with Crippen LogP contribution in [0.3, 0.4) is 0 Å². The smallest absolute Gasteiger partial charge is 0.338 e. The quantitative estimate of drug-likeness (QED) is 0.545. The fraction of sp³-hybridized carbons (Fsp3) is 0.158. The first-order chi connectivity index (χ1) is 12.0. The van der Waals surface area contributed by atoms with E-state index in [0.717, 1.165) is 15.6 Å². The van der Waals surface area contributed by atoms with Crippen LogP contribution in [0.2, 0.25) is 0 Å². The molecule has 0 aliphatic heterocycles. The molecular weight excluding hydrogens is 338 g/mol. The minimum Gasteiger partial charge on any atom is -0.481 e. The van der Waals surface area contributed by atoms with Gasteiger partial charge in [0, 0.05) is 10.4 Å². The molecule has 25 heavy (non-hydrogen) atoms. The number of esters is 1. The van der Waals surface area contributed by atoms with Gasteiger partial charge in [0.15, 0.2) is 0 Å². The van der Waals surface area contributed by atoms with Crippen molar-refractivity contribution in [2.75, 3.05) is 12.3 Å². The zero-order valence-electron chi connectivity index (χ0n) is 13.8. The van der Waals surface area contributed by atoms with Crippen LogP contribution >= 0.6 is 11.3 Å². The maximum absolute atomic E-state index is 11.1. The van der Waals surface area contributed by atoms with Gasteiger partial charge < -0.3 is 15.6 Å². The van der Waals surface area contributed by atoms with E-state index in [4.69, 9.17) is 15.6 Å². The molecule has 0 unspecified atom stereocenters. The van der Waals surface area contributed by atoms with Crippen molar-refractivity contribution >= 4 is 39.0 Å². The van der Waals surface area contributed by atoms with E-state index < -0.39 is 5.97 Å². The molecule has 0 aliphatic carbocycles. The number of carboxylic acid groups (broad SMARTS) is 1. The average Bonchev–Trinajstić information content (AvgIpc) is 2.98. The van der Waals surface area contributed by atoms with Crippen LogP contribution in [-0.4, -0.2) is 23.7 Å². The molecule has 0 saturated heterocycles. The van der Waals surface area contributed by atoms with Crippen molar-refractivity contribution in [2.45, 2.75) is 13.3 Å². The molecule has 1 heterocycles. The fourth-order valence-electron chi connectivity index (χ4n) is 2.21. The number of carbonyl (C=O) groups excluding carboxylic acids is 1. The summed E-state index contributed by atoms with van der Waals surface area (Å²) >= 11 is 1.59. The van der Waals surface area contributed by atoms with Crippen LogP contribution < -0.4 is 5.73 Å². The zero-order chi connectivity index (χ0) is 18.2. The average molecular weight is 357 g/mol.